The van der Waals surface area contributed by atoms with Crippen LogP contribution in [0.2, 0.25) is 20.1 Å². The molecule has 2 aromatic heterocycles. The molecule has 0 unspecified atom stereocenters. The Bertz CT molecular complexity index is 2860. The van der Waals surface area contributed by atoms with Gasteiger partial charge in [-0.1, -0.05) is 82.8 Å². The highest BCUT2D eigenvalue weighted by molar-refractivity contribution is 7.86. The molecule has 0 aliphatic carbocycles. The number of benzene rings is 4. The lowest BCUT2D eigenvalue weighted by Gasteiger charge is -2.45. The number of aromatic nitrogens is 2. The third-order valence-electron chi connectivity index (χ3n) is 11.6. The van der Waals surface area contributed by atoms with E-state index >= 15 is 0 Å². The van der Waals surface area contributed by atoms with Gasteiger partial charge in [0.2, 0.25) is 0 Å². The van der Waals surface area contributed by atoms with Gasteiger partial charge in [-0.3, -0.25) is 19.1 Å². The first-order chi connectivity index (χ1) is 34.3. The van der Waals surface area contributed by atoms with Crippen LogP contribution in [-0.4, -0.2) is 104 Å². The van der Waals surface area contributed by atoms with Crippen LogP contribution < -0.4 is 15.1 Å². The van der Waals surface area contributed by atoms with Crippen LogP contribution in [0.3, 0.4) is 0 Å². The molecule has 0 radical (unpaired) electrons. The standard InChI is InChI=1S/C25H24Cl2N4O.C17H15Cl2N3.C9H13NO4S.C2H6O/c1-25(32,20-3-2-10-29-15-20)17-30-11-12-31(23-9-4-18(14-28)13-22(23)27)24(16-30)19-5-7-21(26)8-6-19;18-14-4-2-13(3-5-14)17-11-21-7-8-22(17)16-6-1-12(10-20)9-15(16)19;1-9(11,7-14-15(2,12)13)8-4-3-5-10-6-8;1-2-3/h2-10,13,15,24,32H,11-12,16-17H2,1H3;1-6,9,17,21H,7-8,11H2;3-6,11H,7H2,1-2H3;3H,2H2,1H3/t24-,25+;17-;9-;/m001./s1. The highest BCUT2D eigenvalue weighted by Gasteiger charge is 2.34. The molecule has 6 aromatic rings. The molecule has 0 spiro atoms. The third-order valence-corrected chi connectivity index (χ3v) is 13.3. The van der Waals surface area contributed by atoms with Gasteiger partial charge >= 0.3 is 0 Å². The zero-order valence-corrected chi connectivity index (χ0v) is 44.2. The second-order valence-electron chi connectivity index (χ2n) is 17.3. The number of nitrogens with zero attached hydrogens (tertiary/aromatic N) is 7. The second-order valence-corrected chi connectivity index (χ2v) is 20.7. The van der Waals surface area contributed by atoms with Crippen molar-refractivity contribution in [1.29, 1.82) is 10.5 Å². The van der Waals surface area contributed by atoms with Crippen LogP contribution in [0.5, 0.6) is 0 Å². The molecule has 72 heavy (non-hydrogen) atoms. The number of β-amino-alcohol motifs (C(OH)–C–C–N with tert-alkyl or cyclic N) is 1. The average Bonchev–Trinajstić information content (AvgIpc) is 3.37. The van der Waals surface area contributed by atoms with Gasteiger partial charge in [-0.2, -0.15) is 18.9 Å². The van der Waals surface area contributed by atoms with Crippen molar-refractivity contribution in [3.05, 3.63) is 187 Å². The average molecular weight is 1080 g/mol. The molecule has 0 saturated carbocycles. The van der Waals surface area contributed by atoms with Crippen LogP contribution in [0.4, 0.5) is 11.4 Å². The van der Waals surface area contributed by atoms with Gasteiger partial charge in [0.15, 0.2) is 0 Å². The van der Waals surface area contributed by atoms with Gasteiger partial charge in [-0.15, -0.1) is 0 Å². The molecule has 4 aromatic carbocycles. The number of nitriles is 2. The summed E-state index contributed by atoms with van der Waals surface area (Å²) < 4.78 is 26.1. The SMILES string of the molecule is CCO.C[C@@](O)(CN1CCN(c2ccc(C#N)cc2Cl)[C@H](c2ccc(Cl)cc2)C1)c1cccnc1.C[C@@](O)(COS(C)(=O)=O)c1cccnc1.N#Cc1ccc(N2CCNC[C@H]2c2ccc(Cl)cc2)c(Cl)c1. The number of halogens is 4. The maximum Gasteiger partial charge on any atom is 0.264 e. The number of aliphatic hydroxyl groups is 3. The Morgan fingerprint density at radius 2 is 1.19 bits per heavy atom. The zero-order chi connectivity index (χ0) is 52.5. The molecule has 2 aliphatic heterocycles. The Labute approximate surface area is 442 Å². The number of anilines is 2. The molecular formula is C53H58Cl4N8O6S. The largest absolute Gasteiger partial charge is 0.397 e. The van der Waals surface area contributed by atoms with Crippen molar-refractivity contribution in [2.45, 2.75) is 44.1 Å². The van der Waals surface area contributed by atoms with Gasteiger partial charge in [-0.25, -0.2) is 0 Å². The van der Waals surface area contributed by atoms with Crippen molar-refractivity contribution < 1.29 is 27.9 Å². The summed E-state index contributed by atoms with van der Waals surface area (Å²) in [6, 6.07) is 38.1. The lowest BCUT2D eigenvalue weighted by atomic mass is 9.95. The van der Waals surface area contributed by atoms with E-state index in [1.807, 2.05) is 85.8 Å². The van der Waals surface area contributed by atoms with E-state index in [2.05, 4.69) is 46.3 Å². The minimum atomic E-state index is -3.55. The molecule has 14 nitrogen and oxygen atoms in total. The molecule has 19 heteroatoms. The normalized spacial score (nSPS) is 17.4. The van der Waals surface area contributed by atoms with E-state index in [1.54, 1.807) is 55.8 Å². The maximum absolute atomic E-state index is 11.2. The summed E-state index contributed by atoms with van der Waals surface area (Å²) in [6.45, 7) is 10.2. The number of hydrogen-bond donors (Lipinski definition) is 4. The van der Waals surface area contributed by atoms with Crippen LogP contribution in [0.25, 0.3) is 0 Å². The summed E-state index contributed by atoms with van der Waals surface area (Å²) in [6.07, 6.45) is 7.38. The first kappa shape index (κ1) is 57.5. The highest BCUT2D eigenvalue weighted by Crippen LogP contribution is 2.38. The monoisotopic (exact) mass is 1070 g/mol. The summed E-state index contributed by atoms with van der Waals surface area (Å²) in [5.74, 6) is 0. The Kier molecular flexibility index (Phi) is 21.6. The minimum absolute atomic E-state index is 0.0103. The molecule has 2 saturated heterocycles. The van der Waals surface area contributed by atoms with Gasteiger partial charge in [0.05, 0.1) is 69.6 Å². The molecule has 8 rings (SSSR count). The molecule has 4 N–H and O–H groups in total. The highest BCUT2D eigenvalue weighted by atomic mass is 35.5. The van der Waals surface area contributed by atoms with E-state index in [4.69, 9.17) is 56.8 Å². The molecule has 4 heterocycles. The van der Waals surface area contributed by atoms with Crippen LogP contribution in [0.1, 0.15) is 66.2 Å². The Morgan fingerprint density at radius 1 is 0.722 bits per heavy atom. The van der Waals surface area contributed by atoms with E-state index in [-0.39, 0.29) is 25.3 Å². The fraction of sp³-hybridized carbons (Fsp3) is 0.321. The van der Waals surface area contributed by atoms with Gasteiger partial charge < -0.3 is 30.4 Å². The lowest BCUT2D eigenvalue weighted by Crippen LogP contribution is -2.52. The molecule has 0 amide bonds. The quantitative estimate of drug-likeness (QED) is 0.0895. The predicted molar refractivity (Wildman–Crippen MR) is 286 cm³/mol. The number of piperazine rings is 2. The zero-order valence-electron chi connectivity index (χ0n) is 40.3. The summed E-state index contributed by atoms with van der Waals surface area (Å²) in [5, 5.41) is 52.8. The van der Waals surface area contributed by atoms with Crippen molar-refractivity contribution in [3.8, 4) is 12.1 Å². The fourth-order valence-electron chi connectivity index (χ4n) is 8.03. The van der Waals surface area contributed by atoms with Gasteiger partial charge in [0, 0.05) is 98.4 Å². The van der Waals surface area contributed by atoms with Gasteiger partial charge in [-0.05, 0) is 105 Å². The molecule has 2 fully saturated rings. The van der Waals surface area contributed by atoms with E-state index in [0.29, 0.717) is 44.8 Å². The molecule has 380 valence electrons. The maximum atomic E-state index is 11.2. The van der Waals surface area contributed by atoms with E-state index in [0.717, 1.165) is 66.5 Å². The minimum Gasteiger partial charge on any atom is -0.397 e. The molecule has 2 aliphatic rings. The Morgan fingerprint density at radius 3 is 1.64 bits per heavy atom. The fourth-order valence-corrected chi connectivity index (χ4v) is 9.30. The summed E-state index contributed by atoms with van der Waals surface area (Å²) in [4.78, 5) is 14.8. The third kappa shape index (κ3) is 16.8. The second kappa shape index (κ2) is 27.1. The van der Waals surface area contributed by atoms with Crippen molar-refractivity contribution in [1.82, 2.24) is 20.2 Å². The topological polar surface area (TPSA) is 199 Å². The van der Waals surface area contributed by atoms with E-state index in [9.17, 15) is 23.9 Å². The van der Waals surface area contributed by atoms with Crippen LogP contribution in [0, 0.1) is 22.7 Å². The van der Waals surface area contributed by atoms with Crippen molar-refractivity contribution in [3.63, 3.8) is 0 Å². The van der Waals surface area contributed by atoms with E-state index < -0.39 is 21.3 Å². The molecule has 4 atom stereocenters. The van der Waals surface area contributed by atoms with Gasteiger partial charge in [0.25, 0.3) is 10.1 Å². The van der Waals surface area contributed by atoms with Crippen LogP contribution >= 0.6 is 46.4 Å². The van der Waals surface area contributed by atoms with Crippen LogP contribution in [0.15, 0.2) is 134 Å². The smallest absolute Gasteiger partial charge is 0.264 e. The number of nitrogens with one attached hydrogen (secondary N) is 1. The first-order valence-electron chi connectivity index (χ1n) is 22.9. The number of aliphatic hydroxyl groups excluding tert-OH is 1. The number of pyridine rings is 2. The Hall–Kier alpha value is -5.37. The summed E-state index contributed by atoms with van der Waals surface area (Å²) in [7, 11) is -3.55. The molecular weight excluding hydrogens is 1020 g/mol. The Balaban J connectivity index is 0.000000209. The van der Waals surface area contributed by atoms with Crippen molar-refractivity contribution in [2.75, 3.05) is 75.1 Å². The van der Waals surface area contributed by atoms with Crippen molar-refractivity contribution in [2.24, 2.45) is 0 Å². The van der Waals surface area contributed by atoms with Crippen molar-refractivity contribution >= 4 is 67.9 Å². The molecule has 0 bridgehead atoms. The predicted octanol–water partition coefficient (Wildman–Crippen LogP) is 9.31. The number of rotatable bonds is 11. The van der Waals surface area contributed by atoms with Crippen LogP contribution in [-0.2, 0) is 25.5 Å². The van der Waals surface area contributed by atoms with E-state index in [1.165, 1.54) is 18.7 Å². The number of hydrogen-bond acceptors (Lipinski definition) is 14. The lowest BCUT2D eigenvalue weighted by molar-refractivity contribution is 0.00968. The van der Waals surface area contributed by atoms with Gasteiger partial charge in [0.1, 0.15) is 11.2 Å². The summed E-state index contributed by atoms with van der Waals surface area (Å²) in [5.41, 5.74) is 4.18. The summed E-state index contributed by atoms with van der Waals surface area (Å²) >= 11 is 25.1. The first-order valence-corrected chi connectivity index (χ1v) is 26.2.